The Morgan fingerprint density at radius 3 is 2.43 bits per heavy atom. The second kappa shape index (κ2) is 11.3. The minimum absolute atomic E-state index is 0.147. The molecule has 0 spiro atoms. The van der Waals surface area contributed by atoms with Gasteiger partial charge >= 0.3 is 0 Å². The Kier molecular flexibility index (Phi) is 9.05. The largest absolute Gasteiger partial charge is 0.481 e. The molecule has 164 valence electrons. The number of hydrogen-bond acceptors (Lipinski definition) is 5. The SMILES string of the molecule is CC[C@H](Oc1ccc(N(C)S(C)(=O)=O)cc1)C(=O)NCCSCc1ccccc1C. The van der Waals surface area contributed by atoms with Gasteiger partial charge in [-0.05, 0) is 48.7 Å². The fourth-order valence-electron chi connectivity index (χ4n) is 2.73. The highest BCUT2D eigenvalue weighted by Crippen LogP contribution is 2.21. The fourth-order valence-corrected chi connectivity index (χ4v) is 4.17. The highest BCUT2D eigenvalue weighted by molar-refractivity contribution is 7.98. The molecule has 0 fully saturated rings. The molecule has 0 aliphatic carbocycles. The van der Waals surface area contributed by atoms with Crippen LogP contribution in [0.25, 0.3) is 0 Å². The molecule has 0 radical (unpaired) electrons. The molecule has 0 saturated carbocycles. The summed E-state index contributed by atoms with van der Waals surface area (Å²) in [6.45, 7) is 4.57. The van der Waals surface area contributed by atoms with Crippen LogP contribution >= 0.6 is 11.8 Å². The van der Waals surface area contributed by atoms with E-state index in [1.165, 1.54) is 22.5 Å². The van der Waals surface area contributed by atoms with Crippen molar-refractivity contribution in [1.29, 1.82) is 0 Å². The predicted octanol–water partition coefficient (Wildman–Crippen LogP) is 3.60. The van der Waals surface area contributed by atoms with Gasteiger partial charge in [0, 0.05) is 25.1 Å². The van der Waals surface area contributed by atoms with Crippen LogP contribution in [0, 0.1) is 6.92 Å². The summed E-state index contributed by atoms with van der Waals surface area (Å²) in [5.41, 5.74) is 3.13. The lowest BCUT2D eigenvalue weighted by Gasteiger charge is -2.19. The number of thioether (sulfide) groups is 1. The zero-order valence-electron chi connectivity index (χ0n) is 17.9. The number of nitrogens with zero attached hydrogens (tertiary/aromatic N) is 1. The van der Waals surface area contributed by atoms with Crippen LogP contribution in [0.3, 0.4) is 0 Å². The van der Waals surface area contributed by atoms with Gasteiger partial charge in [-0.25, -0.2) is 8.42 Å². The molecule has 0 aliphatic heterocycles. The van der Waals surface area contributed by atoms with E-state index in [0.29, 0.717) is 24.4 Å². The maximum Gasteiger partial charge on any atom is 0.261 e. The number of carbonyl (C=O) groups is 1. The number of sulfonamides is 1. The van der Waals surface area contributed by atoms with Crippen molar-refractivity contribution < 1.29 is 17.9 Å². The Labute approximate surface area is 184 Å². The molecule has 0 aliphatic rings. The van der Waals surface area contributed by atoms with Crippen LogP contribution in [0.1, 0.15) is 24.5 Å². The van der Waals surface area contributed by atoms with Crippen molar-refractivity contribution in [1.82, 2.24) is 5.32 Å². The molecule has 0 unspecified atom stereocenters. The van der Waals surface area contributed by atoms with Crippen LogP contribution < -0.4 is 14.4 Å². The average Bonchev–Trinajstić information content (AvgIpc) is 2.72. The first-order valence-corrected chi connectivity index (χ1v) is 12.8. The van der Waals surface area contributed by atoms with E-state index in [0.717, 1.165) is 17.8 Å². The first-order valence-electron chi connectivity index (χ1n) is 9.83. The lowest BCUT2D eigenvalue weighted by atomic mass is 10.1. The number of hydrogen-bond donors (Lipinski definition) is 1. The average molecular weight is 451 g/mol. The number of aryl methyl sites for hydroxylation is 1. The zero-order chi connectivity index (χ0) is 22.1. The van der Waals surface area contributed by atoms with Gasteiger partial charge in [-0.1, -0.05) is 31.2 Å². The van der Waals surface area contributed by atoms with E-state index < -0.39 is 16.1 Å². The maximum absolute atomic E-state index is 12.4. The van der Waals surface area contributed by atoms with Crippen LogP contribution in [-0.2, 0) is 20.6 Å². The van der Waals surface area contributed by atoms with Gasteiger partial charge in [0.1, 0.15) is 5.75 Å². The van der Waals surface area contributed by atoms with Crippen molar-refractivity contribution in [2.24, 2.45) is 0 Å². The van der Waals surface area contributed by atoms with E-state index in [9.17, 15) is 13.2 Å². The van der Waals surface area contributed by atoms with Gasteiger partial charge in [-0.3, -0.25) is 9.10 Å². The van der Waals surface area contributed by atoms with Gasteiger partial charge in [0.25, 0.3) is 5.91 Å². The Morgan fingerprint density at radius 2 is 1.83 bits per heavy atom. The van der Waals surface area contributed by atoms with Gasteiger partial charge in [0.05, 0.1) is 11.9 Å². The second-order valence-electron chi connectivity index (χ2n) is 7.01. The molecular formula is C22H30N2O4S2. The molecule has 0 aromatic heterocycles. The monoisotopic (exact) mass is 450 g/mol. The van der Waals surface area contributed by atoms with Crippen molar-refractivity contribution in [3.63, 3.8) is 0 Å². The first kappa shape index (κ1) is 24.1. The number of nitrogens with one attached hydrogen (secondary N) is 1. The van der Waals surface area contributed by atoms with E-state index in [1.807, 2.05) is 19.1 Å². The molecule has 1 amide bonds. The third kappa shape index (κ3) is 7.25. The predicted molar refractivity (Wildman–Crippen MR) is 125 cm³/mol. The van der Waals surface area contributed by atoms with E-state index in [4.69, 9.17) is 4.74 Å². The molecule has 0 bridgehead atoms. The van der Waals surface area contributed by atoms with Gasteiger partial charge in [0.15, 0.2) is 6.10 Å². The maximum atomic E-state index is 12.4. The normalized spacial score (nSPS) is 12.3. The summed E-state index contributed by atoms with van der Waals surface area (Å²) in [4.78, 5) is 12.4. The first-order chi connectivity index (χ1) is 14.2. The Hall–Kier alpha value is -2.19. The molecule has 1 atom stereocenters. The van der Waals surface area contributed by atoms with Crippen LogP contribution in [0.4, 0.5) is 5.69 Å². The molecule has 30 heavy (non-hydrogen) atoms. The van der Waals surface area contributed by atoms with Crippen molar-refractivity contribution in [3.05, 3.63) is 59.7 Å². The van der Waals surface area contributed by atoms with Gasteiger partial charge in [0.2, 0.25) is 10.0 Å². The number of rotatable bonds is 11. The Balaban J connectivity index is 1.79. The smallest absolute Gasteiger partial charge is 0.261 e. The lowest BCUT2D eigenvalue weighted by molar-refractivity contribution is -0.127. The number of amides is 1. The summed E-state index contributed by atoms with van der Waals surface area (Å²) in [5.74, 6) is 2.12. The molecule has 0 heterocycles. The summed E-state index contributed by atoms with van der Waals surface area (Å²) in [6, 6.07) is 15.0. The quantitative estimate of drug-likeness (QED) is 0.530. The van der Waals surface area contributed by atoms with Gasteiger partial charge < -0.3 is 10.1 Å². The number of carbonyl (C=O) groups excluding carboxylic acids is 1. The Bertz CT molecular complexity index is 930. The number of benzene rings is 2. The summed E-state index contributed by atoms with van der Waals surface area (Å²) in [5, 5.41) is 2.93. The van der Waals surface area contributed by atoms with Crippen LogP contribution in [-0.4, -0.2) is 46.0 Å². The topological polar surface area (TPSA) is 75.7 Å². The van der Waals surface area contributed by atoms with Crippen molar-refractivity contribution in [3.8, 4) is 5.75 Å². The molecule has 2 aromatic carbocycles. The number of anilines is 1. The van der Waals surface area contributed by atoms with E-state index in [-0.39, 0.29) is 5.91 Å². The number of ether oxygens (including phenoxy) is 1. The summed E-state index contributed by atoms with van der Waals surface area (Å²) in [7, 11) is -1.83. The molecule has 6 nitrogen and oxygen atoms in total. The van der Waals surface area contributed by atoms with Gasteiger partial charge in [-0.15, -0.1) is 0 Å². The Morgan fingerprint density at radius 1 is 1.17 bits per heavy atom. The van der Waals surface area contributed by atoms with Crippen LogP contribution in [0.2, 0.25) is 0 Å². The summed E-state index contributed by atoms with van der Waals surface area (Å²) in [6.07, 6.45) is 1.09. The van der Waals surface area contributed by atoms with Gasteiger partial charge in [-0.2, -0.15) is 11.8 Å². The molecular weight excluding hydrogens is 420 g/mol. The molecule has 2 aromatic rings. The second-order valence-corrected chi connectivity index (χ2v) is 10.1. The molecule has 0 saturated heterocycles. The minimum Gasteiger partial charge on any atom is -0.481 e. The lowest BCUT2D eigenvalue weighted by Crippen LogP contribution is -2.39. The van der Waals surface area contributed by atoms with Crippen LogP contribution in [0.5, 0.6) is 5.75 Å². The summed E-state index contributed by atoms with van der Waals surface area (Å²) < 4.78 is 30.2. The van der Waals surface area contributed by atoms with E-state index in [2.05, 4.69) is 24.4 Å². The summed E-state index contributed by atoms with van der Waals surface area (Å²) >= 11 is 1.78. The van der Waals surface area contributed by atoms with E-state index >= 15 is 0 Å². The standard InChI is InChI=1S/C22H30N2O4S2/c1-5-21(28-20-12-10-19(11-13-20)24(3)30(4,26)27)22(25)23-14-15-29-16-18-9-7-6-8-17(18)2/h6-13,21H,5,14-16H2,1-4H3,(H,23,25)/t21-/m0/s1. The zero-order valence-corrected chi connectivity index (χ0v) is 19.6. The van der Waals surface area contributed by atoms with Crippen molar-refractivity contribution in [2.45, 2.75) is 32.1 Å². The highest BCUT2D eigenvalue weighted by Gasteiger charge is 2.18. The third-order valence-electron chi connectivity index (χ3n) is 4.70. The minimum atomic E-state index is -3.32. The van der Waals surface area contributed by atoms with Crippen molar-refractivity contribution in [2.75, 3.05) is 29.9 Å². The fraction of sp³-hybridized carbons (Fsp3) is 0.409. The third-order valence-corrected chi connectivity index (χ3v) is 6.92. The van der Waals surface area contributed by atoms with Crippen molar-refractivity contribution >= 4 is 33.4 Å². The molecule has 8 heteroatoms. The molecule has 1 N–H and O–H groups in total. The van der Waals surface area contributed by atoms with Crippen LogP contribution in [0.15, 0.2) is 48.5 Å². The van der Waals surface area contributed by atoms with E-state index in [1.54, 1.807) is 36.0 Å². The highest BCUT2D eigenvalue weighted by atomic mass is 32.2. The molecule has 2 rings (SSSR count).